The predicted molar refractivity (Wildman–Crippen MR) is 137 cm³/mol. The molecule has 2 aliphatic rings. The standard InChI is InChI=1S/C26H25F4N7O3/c1-15-11-36-12-16(10-19(27)22(36)32-15)33-23(38)17-2-3-20(35-8-6-31-7-9-35)18-13-37(34-21(17)18)14-25(4-5-25)40-24(39)26(28,29)30/h2-3,10-13,31H,4-9,14H2,1H3,(H,33,38). The Balaban J connectivity index is 1.34. The molecular weight excluding hydrogens is 534 g/mol. The van der Waals surface area contributed by atoms with Crippen molar-refractivity contribution in [2.24, 2.45) is 0 Å². The first-order valence-electron chi connectivity index (χ1n) is 12.7. The number of benzene rings is 1. The van der Waals surface area contributed by atoms with Gasteiger partial charge in [0.25, 0.3) is 5.91 Å². The quantitative estimate of drug-likeness (QED) is 0.276. The van der Waals surface area contributed by atoms with Crippen molar-refractivity contribution in [2.45, 2.75) is 38.1 Å². The number of piperazine rings is 1. The normalized spacial score (nSPS) is 16.9. The maximum atomic E-state index is 14.6. The minimum atomic E-state index is -5.09. The third-order valence-electron chi connectivity index (χ3n) is 7.09. The lowest BCUT2D eigenvalue weighted by molar-refractivity contribution is -0.207. The van der Waals surface area contributed by atoms with Crippen molar-refractivity contribution in [1.29, 1.82) is 0 Å². The lowest BCUT2D eigenvalue weighted by Gasteiger charge is -2.30. The molecule has 1 aliphatic heterocycles. The maximum absolute atomic E-state index is 14.6. The Labute approximate surface area is 224 Å². The van der Waals surface area contributed by atoms with Gasteiger partial charge in [-0.05, 0) is 31.9 Å². The number of carbonyl (C=O) groups excluding carboxylic acids is 2. The monoisotopic (exact) mass is 559 g/mol. The van der Waals surface area contributed by atoms with Crippen molar-refractivity contribution < 1.29 is 31.9 Å². The van der Waals surface area contributed by atoms with Crippen molar-refractivity contribution in [3.63, 3.8) is 0 Å². The number of amides is 1. The van der Waals surface area contributed by atoms with Gasteiger partial charge in [0.05, 0.1) is 23.5 Å². The molecule has 10 nitrogen and oxygen atoms in total. The second-order valence-corrected chi connectivity index (χ2v) is 10.2. The number of esters is 1. The average Bonchev–Trinajstić information content (AvgIpc) is 3.32. The van der Waals surface area contributed by atoms with Crippen LogP contribution in [0.1, 0.15) is 28.9 Å². The number of hydrogen-bond donors (Lipinski definition) is 2. The van der Waals surface area contributed by atoms with Crippen molar-refractivity contribution in [1.82, 2.24) is 24.5 Å². The van der Waals surface area contributed by atoms with Crippen LogP contribution in [0.5, 0.6) is 0 Å². The van der Waals surface area contributed by atoms with E-state index in [1.54, 1.807) is 37.6 Å². The van der Waals surface area contributed by atoms with Crippen LogP contribution in [-0.2, 0) is 16.1 Å². The second-order valence-electron chi connectivity index (χ2n) is 10.2. The molecule has 4 heterocycles. The fourth-order valence-corrected chi connectivity index (χ4v) is 5.01. The Hall–Kier alpha value is -4.20. The molecule has 3 aromatic heterocycles. The minimum Gasteiger partial charge on any atom is -0.450 e. The van der Waals surface area contributed by atoms with Crippen LogP contribution in [0.2, 0.25) is 0 Å². The molecule has 2 fully saturated rings. The molecule has 0 radical (unpaired) electrons. The minimum absolute atomic E-state index is 0.0899. The molecule has 1 aliphatic carbocycles. The van der Waals surface area contributed by atoms with Gasteiger partial charge in [0.2, 0.25) is 0 Å². The van der Waals surface area contributed by atoms with Crippen LogP contribution < -0.4 is 15.5 Å². The van der Waals surface area contributed by atoms with Crippen LogP contribution in [0.4, 0.5) is 28.9 Å². The molecule has 14 heteroatoms. The first-order chi connectivity index (χ1) is 19.0. The number of anilines is 2. The smallest absolute Gasteiger partial charge is 0.450 e. The average molecular weight is 560 g/mol. The number of nitrogens with one attached hydrogen (secondary N) is 2. The fraction of sp³-hybridized carbons (Fsp3) is 0.385. The SMILES string of the molecule is Cc1cn2cc(NC(=O)c3ccc(N4CCNCC4)c4cn(CC5(OC(=O)C(F)(F)F)CC5)nc34)cc(F)c2n1. The Bertz CT molecular complexity index is 1630. The van der Waals surface area contributed by atoms with Crippen LogP contribution in [0.25, 0.3) is 16.6 Å². The molecule has 0 spiro atoms. The molecule has 40 heavy (non-hydrogen) atoms. The molecule has 0 bridgehead atoms. The highest BCUT2D eigenvalue weighted by Gasteiger charge is 2.53. The largest absolute Gasteiger partial charge is 0.490 e. The van der Waals surface area contributed by atoms with Gasteiger partial charge in [-0.1, -0.05) is 0 Å². The van der Waals surface area contributed by atoms with E-state index in [0.29, 0.717) is 29.7 Å². The predicted octanol–water partition coefficient (Wildman–Crippen LogP) is 3.43. The summed E-state index contributed by atoms with van der Waals surface area (Å²) in [6.45, 7) is 4.58. The van der Waals surface area contributed by atoms with Gasteiger partial charge in [0.15, 0.2) is 11.5 Å². The fourth-order valence-electron chi connectivity index (χ4n) is 5.01. The number of ether oxygens (including phenoxy) is 1. The van der Waals surface area contributed by atoms with E-state index < -0.39 is 29.5 Å². The number of carbonyl (C=O) groups is 2. The number of aromatic nitrogens is 4. The number of rotatable bonds is 6. The molecule has 4 aromatic rings. The third-order valence-corrected chi connectivity index (χ3v) is 7.09. The topological polar surface area (TPSA) is 106 Å². The highest BCUT2D eigenvalue weighted by atomic mass is 19.4. The van der Waals surface area contributed by atoms with Crippen molar-refractivity contribution in [3.05, 3.63) is 53.9 Å². The molecule has 210 valence electrons. The zero-order valence-corrected chi connectivity index (χ0v) is 21.4. The number of nitrogens with zero attached hydrogens (tertiary/aromatic N) is 5. The first-order valence-corrected chi connectivity index (χ1v) is 12.7. The lowest BCUT2D eigenvalue weighted by atomic mass is 10.1. The summed E-state index contributed by atoms with van der Waals surface area (Å²) < 4.78 is 60.8. The zero-order chi connectivity index (χ0) is 28.2. The highest BCUT2D eigenvalue weighted by molar-refractivity contribution is 6.13. The summed E-state index contributed by atoms with van der Waals surface area (Å²) in [5.41, 5.74) is 1.01. The molecule has 1 saturated heterocycles. The molecule has 6 rings (SSSR count). The van der Waals surface area contributed by atoms with Gasteiger partial charge in [-0.2, -0.15) is 18.3 Å². The second kappa shape index (κ2) is 9.47. The molecule has 2 N–H and O–H groups in total. The Morgan fingerprint density at radius 2 is 1.90 bits per heavy atom. The highest BCUT2D eigenvalue weighted by Crippen LogP contribution is 2.43. The lowest BCUT2D eigenvalue weighted by Crippen LogP contribution is -2.43. The number of alkyl halides is 3. The van der Waals surface area contributed by atoms with Gasteiger partial charge in [-0.25, -0.2) is 14.2 Å². The first kappa shape index (κ1) is 26.0. The van der Waals surface area contributed by atoms with Crippen LogP contribution >= 0.6 is 0 Å². The summed E-state index contributed by atoms with van der Waals surface area (Å²) in [6.07, 6.45) is 0.284. The van der Waals surface area contributed by atoms with Gasteiger partial charge in [0.1, 0.15) is 11.1 Å². The molecule has 1 saturated carbocycles. The summed E-state index contributed by atoms with van der Waals surface area (Å²) in [7, 11) is 0. The van der Waals surface area contributed by atoms with Gasteiger partial charge < -0.3 is 24.7 Å². The van der Waals surface area contributed by atoms with Gasteiger partial charge >= 0.3 is 12.1 Å². The molecule has 0 atom stereocenters. The van der Waals surface area contributed by atoms with E-state index in [9.17, 15) is 27.2 Å². The van der Waals surface area contributed by atoms with E-state index in [4.69, 9.17) is 4.74 Å². The van der Waals surface area contributed by atoms with Crippen LogP contribution in [0, 0.1) is 12.7 Å². The van der Waals surface area contributed by atoms with E-state index in [-0.39, 0.29) is 36.3 Å². The van der Waals surface area contributed by atoms with E-state index in [1.807, 2.05) is 0 Å². The number of pyridine rings is 1. The summed E-state index contributed by atoms with van der Waals surface area (Å²) in [4.78, 5) is 31.1. The van der Waals surface area contributed by atoms with Gasteiger partial charge in [-0.3, -0.25) is 9.48 Å². The van der Waals surface area contributed by atoms with Gasteiger partial charge in [-0.15, -0.1) is 0 Å². The Kier molecular flexibility index (Phi) is 6.16. The third kappa shape index (κ3) is 4.94. The van der Waals surface area contributed by atoms with Crippen LogP contribution in [-0.4, -0.2) is 69.0 Å². The summed E-state index contributed by atoms with van der Waals surface area (Å²) in [5.74, 6) is -3.37. The van der Waals surface area contributed by atoms with Crippen molar-refractivity contribution in [2.75, 3.05) is 36.4 Å². The number of halogens is 4. The van der Waals surface area contributed by atoms with Crippen LogP contribution in [0.3, 0.4) is 0 Å². The van der Waals surface area contributed by atoms with Crippen LogP contribution in [0.15, 0.2) is 36.8 Å². The number of hydrogen-bond acceptors (Lipinski definition) is 7. The molecule has 1 amide bonds. The molecule has 1 aromatic carbocycles. The van der Waals surface area contributed by atoms with E-state index in [2.05, 4.69) is 25.6 Å². The van der Waals surface area contributed by atoms with Crippen molar-refractivity contribution in [3.8, 4) is 0 Å². The molecule has 0 unspecified atom stereocenters. The Morgan fingerprint density at radius 3 is 2.60 bits per heavy atom. The zero-order valence-electron chi connectivity index (χ0n) is 21.4. The summed E-state index contributed by atoms with van der Waals surface area (Å²) in [5, 5.41) is 11.2. The van der Waals surface area contributed by atoms with E-state index >= 15 is 0 Å². The van der Waals surface area contributed by atoms with E-state index in [0.717, 1.165) is 18.8 Å². The Morgan fingerprint density at radius 1 is 1.15 bits per heavy atom. The number of aryl methyl sites for hydroxylation is 1. The summed E-state index contributed by atoms with van der Waals surface area (Å²) in [6, 6.07) is 4.60. The number of imidazole rings is 1. The van der Waals surface area contributed by atoms with Gasteiger partial charge in [0, 0.05) is 61.9 Å². The number of fused-ring (bicyclic) bond motifs is 2. The maximum Gasteiger partial charge on any atom is 0.490 e. The van der Waals surface area contributed by atoms with E-state index in [1.165, 1.54) is 15.1 Å². The summed E-state index contributed by atoms with van der Waals surface area (Å²) >= 11 is 0. The molecular formula is C26H25F4N7O3. The van der Waals surface area contributed by atoms with Crippen molar-refractivity contribution >= 4 is 39.8 Å².